The van der Waals surface area contributed by atoms with Crippen LogP contribution in [0.3, 0.4) is 0 Å². The first-order valence-corrected chi connectivity index (χ1v) is 5.81. The third kappa shape index (κ3) is 2.10. The van der Waals surface area contributed by atoms with Crippen molar-refractivity contribution in [3.63, 3.8) is 0 Å². The van der Waals surface area contributed by atoms with Gasteiger partial charge in [-0.3, -0.25) is 4.79 Å². The molecule has 1 aromatic heterocycles. The number of hydrogen-bond acceptors (Lipinski definition) is 2. The van der Waals surface area contributed by atoms with Crippen molar-refractivity contribution in [3.8, 4) is 0 Å². The third-order valence-electron chi connectivity index (χ3n) is 2.99. The van der Waals surface area contributed by atoms with Crippen LogP contribution >= 0.6 is 0 Å². The molecule has 88 valence electrons. The van der Waals surface area contributed by atoms with Crippen molar-refractivity contribution in [2.24, 2.45) is 5.41 Å². The molecule has 1 aliphatic rings. The molecule has 0 saturated heterocycles. The van der Waals surface area contributed by atoms with Gasteiger partial charge in [0.15, 0.2) is 0 Å². The molecule has 1 amide bonds. The number of H-pyrrole nitrogens is 1. The van der Waals surface area contributed by atoms with Gasteiger partial charge in [0.1, 0.15) is 0 Å². The van der Waals surface area contributed by atoms with Gasteiger partial charge in [0.2, 0.25) is 5.91 Å². The van der Waals surface area contributed by atoms with E-state index in [9.17, 15) is 4.79 Å². The van der Waals surface area contributed by atoms with Gasteiger partial charge < -0.3 is 10.3 Å². The lowest BCUT2D eigenvalue weighted by molar-refractivity contribution is -0.129. The highest BCUT2D eigenvalue weighted by Gasteiger charge is 2.28. The quantitative estimate of drug-likeness (QED) is 0.761. The van der Waals surface area contributed by atoms with Crippen LogP contribution < -0.4 is 5.32 Å². The zero-order chi connectivity index (χ0) is 11.8. The van der Waals surface area contributed by atoms with Gasteiger partial charge in [0.05, 0.1) is 18.1 Å². The number of aromatic amines is 1. The Labute approximate surface area is 95.9 Å². The van der Waals surface area contributed by atoms with Gasteiger partial charge in [-0.25, -0.2) is 4.98 Å². The zero-order valence-corrected chi connectivity index (χ0v) is 10.1. The summed E-state index contributed by atoms with van der Waals surface area (Å²) in [6.45, 7) is 5.78. The molecule has 0 bridgehead atoms. The summed E-state index contributed by atoms with van der Waals surface area (Å²) in [7, 11) is 0. The molecule has 0 saturated carbocycles. The van der Waals surface area contributed by atoms with Crippen molar-refractivity contribution in [3.05, 3.63) is 17.7 Å². The molecule has 4 heteroatoms. The Morgan fingerprint density at radius 3 is 3.00 bits per heavy atom. The van der Waals surface area contributed by atoms with Crippen molar-refractivity contribution in [1.82, 2.24) is 15.3 Å². The van der Waals surface area contributed by atoms with Crippen LogP contribution in [-0.4, -0.2) is 15.9 Å². The lowest BCUT2D eigenvalue weighted by Crippen LogP contribution is -2.38. The van der Waals surface area contributed by atoms with Gasteiger partial charge in [0, 0.05) is 11.1 Å². The standard InChI is InChI=1S/C12H19N3O/c1-12(2,3)11(16)15-9-6-4-5-8-10(9)14-7-13-8/h7,9H,4-6H2,1-3H3,(H,13,14)(H,15,16). The minimum atomic E-state index is -0.339. The molecular weight excluding hydrogens is 202 g/mol. The predicted molar refractivity (Wildman–Crippen MR) is 61.9 cm³/mol. The van der Waals surface area contributed by atoms with Gasteiger partial charge in [0.25, 0.3) is 0 Å². The van der Waals surface area contributed by atoms with Gasteiger partial charge in [-0.05, 0) is 19.3 Å². The number of carbonyl (C=O) groups is 1. The molecule has 4 nitrogen and oxygen atoms in total. The largest absolute Gasteiger partial charge is 0.348 e. The summed E-state index contributed by atoms with van der Waals surface area (Å²) < 4.78 is 0. The van der Waals surface area contributed by atoms with E-state index in [-0.39, 0.29) is 17.4 Å². The SMILES string of the molecule is CC(C)(C)C(=O)NC1CCCc2[nH]cnc21. The summed E-state index contributed by atoms with van der Waals surface area (Å²) >= 11 is 0. The molecule has 1 unspecified atom stereocenters. The number of fused-ring (bicyclic) bond motifs is 1. The smallest absolute Gasteiger partial charge is 0.225 e. The minimum Gasteiger partial charge on any atom is -0.348 e. The van der Waals surface area contributed by atoms with Crippen LogP contribution in [0, 0.1) is 5.41 Å². The van der Waals surface area contributed by atoms with Crippen LogP contribution in [0.1, 0.15) is 51.0 Å². The third-order valence-corrected chi connectivity index (χ3v) is 2.99. The van der Waals surface area contributed by atoms with Crippen molar-refractivity contribution >= 4 is 5.91 Å². The first kappa shape index (κ1) is 11.2. The number of amides is 1. The van der Waals surface area contributed by atoms with Gasteiger partial charge >= 0.3 is 0 Å². The van der Waals surface area contributed by atoms with E-state index in [2.05, 4.69) is 15.3 Å². The van der Waals surface area contributed by atoms with Crippen LogP contribution in [0.15, 0.2) is 6.33 Å². The van der Waals surface area contributed by atoms with Crippen LogP contribution in [0.4, 0.5) is 0 Å². The topological polar surface area (TPSA) is 57.8 Å². The van der Waals surface area contributed by atoms with Crippen LogP contribution in [0.25, 0.3) is 0 Å². The van der Waals surface area contributed by atoms with E-state index >= 15 is 0 Å². The summed E-state index contributed by atoms with van der Waals surface area (Å²) in [5.74, 6) is 0.0911. The summed E-state index contributed by atoms with van der Waals surface area (Å²) in [6, 6.07) is 0.0849. The Morgan fingerprint density at radius 1 is 1.56 bits per heavy atom. The van der Waals surface area contributed by atoms with Crippen molar-refractivity contribution in [2.45, 2.75) is 46.1 Å². The Balaban J connectivity index is 2.11. The van der Waals surface area contributed by atoms with E-state index in [4.69, 9.17) is 0 Å². The number of aryl methyl sites for hydroxylation is 1. The van der Waals surface area contributed by atoms with Gasteiger partial charge in [-0.1, -0.05) is 20.8 Å². The molecule has 0 fully saturated rings. The Hall–Kier alpha value is -1.32. The number of imidazole rings is 1. The maximum absolute atomic E-state index is 11.9. The van der Waals surface area contributed by atoms with Crippen LogP contribution in [-0.2, 0) is 11.2 Å². The summed E-state index contributed by atoms with van der Waals surface area (Å²) in [5.41, 5.74) is 1.85. The average Bonchev–Trinajstić information content (AvgIpc) is 2.65. The fourth-order valence-corrected chi connectivity index (χ4v) is 1.97. The van der Waals surface area contributed by atoms with E-state index in [0.717, 1.165) is 25.0 Å². The van der Waals surface area contributed by atoms with E-state index in [1.165, 1.54) is 5.69 Å². The van der Waals surface area contributed by atoms with Crippen LogP contribution in [0.2, 0.25) is 0 Å². The molecule has 1 aromatic rings. The average molecular weight is 221 g/mol. The molecule has 1 atom stereocenters. The molecule has 2 rings (SSSR count). The zero-order valence-electron chi connectivity index (χ0n) is 10.1. The summed E-state index contributed by atoms with van der Waals surface area (Å²) in [5, 5.41) is 3.08. The van der Waals surface area contributed by atoms with Crippen molar-refractivity contribution < 1.29 is 4.79 Å². The first-order chi connectivity index (χ1) is 7.48. The second-order valence-corrected chi connectivity index (χ2v) is 5.43. The number of aromatic nitrogens is 2. The molecule has 0 radical (unpaired) electrons. The number of hydrogen-bond donors (Lipinski definition) is 2. The second-order valence-electron chi connectivity index (χ2n) is 5.43. The highest BCUT2D eigenvalue weighted by molar-refractivity contribution is 5.81. The number of nitrogens with one attached hydrogen (secondary N) is 2. The molecule has 0 aliphatic heterocycles. The molecular formula is C12H19N3O. The fraction of sp³-hybridized carbons (Fsp3) is 0.667. The second kappa shape index (κ2) is 3.92. The fourth-order valence-electron chi connectivity index (χ4n) is 1.97. The molecule has 0 aromatic carbocycles. The Kier molecular flexibility index (Phi) is 2.74. The highest BCUT2D eigenvalue weighted by atomic mass is 16.2. The van der Waals surface area contributed by atoms with Gasteiger partial charge in [-0.2, -0.15) is 0 Å². The monoisotopic (exact) mass is 221 g/mol. The predicted octanol–water partition coefficient (Wildman–Crippen LogP) is 1.95. The number of nitrogens with zero attached hydrogens (tertiary/aromatic N) is 1. The molecule has 0 spiro atoms. The lowest BCUT2D eigenvalue weighted by atomic mass is 9.92. The summed E-state index contributed by atoms with van der Waals surface area (Å²) in [6.07, 6.45) is 4.84. The number of carbonyl (C=O) groups excluding carboxylic acids is 1. The molecule has 16 heavy (non-hydrogen) atoms. The molecule has 1 aliphatic carbocycles. The lowest BCUT2D eigenvalue weighted by Gasteiger charge is -2.26. The maximum atomic E-state index is 11.9. The van der Waals surface area contributed by atoms with Gasteiger partial charge in [-0.15, -0.1) is 0 Å². The van der Waals surface area contributed by atoms with E-state index in [0.29, 0.717) is 0 Å². The van der Waals surface area contributed by atoms with Crippen molar-refractivity contribution in [1.29, 1.82) is 0 Å². The molecule has 1 heterocycles. The number of rotatable bonds is 1. The minimum absolute atomic E-state index is 0.0849. The summed E-state index contributed by atoms with van der Waals surface area (Å²) in [4.78, 5) is 19.4. The Morgan fingerprint density at radius 2 is 2.31 bits per heavy atom. The van der Waals surface area contributed by atoms with Crippen molar-refractivity contribution in [2.75, 3.05) is 0 Å². The van der Waals surface area contributed by atoms with E-state index < -0.39 is 0 Å². The highest BCUT2D eigenvalue weighted by Crippen LogP contribution is 2.28. The van der Waals surface area contributed by atoms with E-state index in [1.54, 1.807) is 6.33 Å². The van der Waals surface area contributed by atoms with E-state index in [1.807, 2.05) is 20.8 Å². The maximum Gasteiger partial charge on any atom is 0.225 e. The normalized spacial score (nSPS) is 20.3. The Bertz CT molecular complexity index is 389. The van der Waals surface area contributed by atoms with Crippen LogP contribution in [0.5, 0.6) is 0 Å². The molecule has 2 N–H and O–H groups in total. The first-order valence-electron chi connectivity index (χ1n) is 5.81.